The maximum absolute atomic E-state index is 13.9. The molecule has 3 rings (SSSR count). The number of aromatic nitrogens is 3. The molecule has 3 nitrogen and oxygen atoms in total. The second kappa shape index (κ2) is 4.96. The van der Waals surface area contributed by atoms with E-state index in [1.54, 1.807) is 6.33 Å². The molecule has 19 heavy (non-hydrogen) atoms. The van der Waals surface area contributed by atoms with Gasteiger partial charge in [-0.25, -0.2) is 14.4 Å². The van der Waals surface area contributed by atoms with Gasteiger partial charge in [0.15, 0.2) is 5.82 Å². The molecule has 2 aromatic heterocycles. The Morgan fingerprint density at radius 1 is 1.05 bits per heavy atom. The van der Waals surface area contributed by atoms with Gasteiger partial charge in [-0.1, -0.05) is 13.8 Å². The van der Waals surface area contributed by atoms with Gasteiger partial charge in [0.05, 0.1) is 22.4 Å². The monoisotopic (exact) mass is 259 g/mol. The summed E-state index contributed by atoms with van der Waals surface area (Å²) in [6.07, 6.45) is 1.72. The molecule has 2 heterocycles. The van der Waals surface area contributed by atoms with Crippen molar-refractivity contribution in [3.63, 3.8) is 0 Å². The molecule has 0 atom stereocenters. The van der Waals surface area contributed by atoms with Crippen LogP contribution in [0.1, 0.15) is 30.8 Å². The van der Waals surface area contributed by atoms with Crippen LogP contribution in [0.25, 0.3) is 16.6 Å². The zero-order chi connectivity index (χ0) is 14.2. The predicted molar refractivity (Wildman–Crippen MR) is 76.0 cm³/mol. The SMILES string of the molecule is CC.Cc1cc(F)c2nc(C)c3c(C)ncn3c2c1. The van der Waals surface area contributed by atoms with E-state index in [0.717, 1.165) is 28.0 Å². The third-order valence-electron chi connectivity index (χ3n) is 3.02. The first-order chi connectivity index (χ1) is 9.08. The van der Waals surface area contributed by atoms with Gasteiger partial charge in [0, 0.05) is 0 Å². The van der Waals surface area contributed by atoms with Crippen molar-refractivity contribution >= 4 is 16.6 Å². The van der Waals surface area contributed by atoms with Crippen LogP contribution in [0.15, 0.2) is 18.5 Å². The lowest BCUT2D eigenvalue weighted by atomic mass is 10.2. The summed E-state index contributed by atoms with van der Waals surface area (Å²) in [6, 6.07) is 3.43. The molecule has 0 unspecified atom stereocenters. The Labute approximate surface area is 112 Å². The Hall–Kier alpha value is -1.97. The molecule has 0 saturated carbocycles. The number of imidazole rings is 1. The van der Waals surface area contributed by atoms with E-state index < -0.39 is 0 Å². The van der Waals surface area contributed by atoms with Crippen molar-refractivity contribution in [2.75, 3.05) is 0 Å². The number of hydrogen-bond acceptors (Lipinski definition) is 2. The van der Waals surface area contributed by atoms with Gasteiger partial charge in [-0.15, -0.1) is 0 Å². The van der Waals surface area contributed by atoms with E-state index in [0.29, 0.717) is 5.52 Å². The zero-order valence-electron chi connectivity index (χ0n) is 12.0. The van der Waals surface area contributed by atoms with Crippen molar-refractivity contribution in [1.82, 2.24) is 14.4 Å². The molecule has 0 amide bonds. The molecule has 0 fully saturated rings. The van der Waals surface area contributed by atoms with Crippen molar-refractivity contribution in [1.29, 1.82) is 0 Å². The number of aryl methyl sites for hydroxylation is 3. The summed E-state index contributed by atoms with van der Waals surface area (Å²) in [5, 5.41) is 0. The highest BCUT2D eigenvalue weighted by Crippen LogP contribution is 2.23. The molecule has 0 bridgehead atoms. The first-order valence-electron chi connectivity index (χ1n) is 6.48. The standard InChI is InChI=1S/C13H12FN3.C2H6/c1-7-4-10(14)12-11(5-7)17-6-15-8(2)13(17)9(3)16-12;1-2/h4-6H,1-3H3;1-2H3. The lowest BCUT2D eigenvalue weighted by Gasteiger charge is -2.07. The number of nitrogens with zero attached hydrogens (tertiary/aromatic N) is 3. The summed E-state index contributed by atoms with van der Waals surface area (Å²) in [5.41, 5.74) is 4.73. The molecule has 0 spiro atoms. The fraction of sp³-hybridized carbons (Fsp3) is 0.333. The second-order valence-electron chi connectivity index (χ2n) is 4.36. The highest BCUT2D eigenvalue weighted by Gasteiger charge is 2.12. The van der Waals surface area contributed by atoms with E-state index in [1.165, 1.54) is 6.07 Å². The van der Waals surface area contributed by atoms with Crippen molar-refractivity contribution < 1.29 is 4.39 Å². The smallest absolute Gasteiger partial charge is 0.151 e. The van der Waals surface area contributed by atoms with E-state index in [4.69, 9.17) is 0 Å². The first kappa shape index (κ1) is 13.5. The van der Waals surface area contributed by atoms with E-state index in [9.17, 15) is 4.39 Å². The first-order valence-corrected chi connectivity index (χ1v) is 6.48. The van der Waals surface area contributed by atoms with Crippen molar-refractivity contribution in [3.05, 3.63) is 41.2 Å². The number of benzene rings is 1. The van der Waals surface area contributed by atoms with Gasteiger partial charge in [-0.2, -0.15) is 0 Å². The third kappa shape index (κ3) is 2.07. The number of hydrogen-bond donors (Lipinski definition) is 0. The van der Waals surface area contributed by atoms with Gasteiger partial charge >= 0.3 is 0 Å². The van der Waals surface area contributed by atoms with Crippen LogP contribution in [-0.2, 0) is 0 Å². The Morgan fingerprint density at radius 2 is 1.74 bits per heavy atom. The third-order valence-corrected chi connectivity index (χ3v) is 3.02. The number of rotatable bonds is 0. The van der Waals surface area contributed by atoms with Gasteiger partial charge in [0.1, 0.15) is 11.8 Å². The minimum Gasteiger partial charge on any atom is -0.295 e. The van der Waals surface area contributed by atoms with Gasteiger partial charge in [0.2, 0.25) is 0 Å². The minimum absolute atomic E-state index is 0.281. The lowest BCUT2D eigenvalue weighted by molar-refractivity contribution is 0.635. The van der Waals surface area contributed by atoms with Gasteiger partial charge in [-0.3, -0.25) is 4.40 Å². The molecule has 0 aliphatic rings. The fourth-order valence-electron chi connectivity index (χ4n) is 2.29. The fourth-order valence-corrected chi connectivity index (χ4v) is 2.29. The molecule has 0 radical (unpaired) electrons. The van der Waals surface area contributed by atoms with Gasteiger partial charge < -0.3 is 0 Å². The van der Waals surface area contributed by atoms with Crippen LogP contribution in [0.5, 0.6) is 0 Å². The van der Waals surface area contributed by atoms with Gasteiger partial charge in [-0.05, 0) is 38.5 Å². The van der Waals surface area contributed by atoms with Crippen molar-refractivity contribution in [3.8, 4) is 0 Å². The normalized spacial score (nSPS) is 10.6. The van der Waals surface area contributed by atoms with Gasteiger partial charge in [0.25, 0.3) is 0 Å². The summed E-state index contributed by atoms with van der Waals surface area (Å²) in [4.78, 5) is 8.61. The summed E-state index contributed by atoms with van der Waals surface area (Å²) >= 11 is 0. The molecule has 4 heteroatoms. The molecule has 100 valence electrons. The Kier molecular flexibility index (Phi) is 3.51. The largest absolute Gasteiger partial charge is 0.295 e. The van der Waals surface area contributed by atoms with Crippen LogP contribution in [0.3, 0.4) is 0 Å². The molecule has 0 aliphatic heterocycles. The minimum atomic E-state index is -0.281. The maximum atomic E-state index is 13.9. The average molecular weight is 259 g/mol. The average Bonchev–Trinajstić information content (AvgIpc) is 2.77. The van der Waals surface area contributed by atoms with E-state index in [1.807, 2.05) is 45.1 Å². The van der Waals surface area contributed by atoms with E-state index in [2.05, 4.69) is 9.97 Å². The highest BCUT2D eigenvalue weighted by atomic mass is 19.1. The molecular weight excluding hydrogens is 241 g/mol. The molecule has 0 saturated heterocycles. The summed E-state index contributed by atoms with van der Waals surface area (Å²) in [7, 11) is 0. The molecule has 0 N–H and O–H groups in total. The Balaban J connectivity index is 0.000000637. The molecule has 3 aromatic rings. The summed E-state index contributed by atoms with van der Waals surface area (Å²) < 4.78 is 15.8. The van der Waals surface area contributed by atoms with Crippen molar-refractivity contribution in [2.24, 2.45) is 0 Å². The van der Waals surface area contributed by atoms with Crippen LogP contribution in [-0.4, -0.2) is 14.4 Å². The molecular formula is C15H18FN3. The second-order valence-corrected chi connectivity index (χ2v) is 4.36. The van der Waals surface area contributed by atoms with E-state index in [-0.39, 0.29) is 5.82 Å². The Bertz CT molecular complexity index is 744. The highest BCUT2D eigenvalue weighted by molar-refractivity contribution is 5.81. The van der Waals surface area contributed by atoms with Crippen LogP contribution in [0.4, 0.5) is 4.39 Å². The molecule has 0 aliphatic carbocycles. The van der Waals surface area contributed by atoms with Crippen LogP contribution >= 0.6 is 0 Å². The summed E-state index contributed by atoms with van der Waals surface area (Å²) in [5.74, 6) is -0.281. The van der Waals surface area contributed by atoms with Crippen molar-refractivity contribution in [2.45, 2.75) is 34.6 Å². The van der Waals surface area contributed by atoms with Crippen LogP contribution < -0.4 is 0 Å². The lowest BCUT2D eigenvalue weighted by Crippen LogP contribution is -1.97. The zero-order valence-corrected chi connectivity index (χ0v) is 12.0. The topological polar surface area (TPSA) is 30.2 Å². The number of fused-ring (bicyclic) bond motifs is 3. The predicted octanol–water partition coefficient (Wildman–Crippen LogP) is 3.97. The van der Waals surface area contributed by atoms with E-state index >= 15 is 0 Å². The summed E-state index contributed by atoms with van der Waals surface area (Å²) in [6.45, 7) is 9.68. The van der Waals surface area contributed by atoms with Crippen LogP contribution in [0, 0.1) is 26.6 Å². The maximum Gasteiger partial charge on any atom is 0.151 e. The molecule has 1 aromatic carbocycles. The number of halogens is 1. The van der Waals surface area contributed by atoms with Crippen LogP contribution in [0.2, 0.25) is 0 Å². The Morgan fingerprint density at radius 3 is 2.42 bits per heavy atom. The quantitative estimate of drug-likeness (QED) is 0.611.